The third kappa shape index (κ3) is 4.61. The number of benzene rings is 2. The Kier molecular flexibility index (Phi) is 6.16. The maximum Gasteiger partial charge on any atom is 0.257 e. The summed E-state index contributed by atoms with van der Waals surface area (Å²) in [5, 5.41) is 5.24. The maximum atomic E-state index is 12.5. The highest BCUT2D eigenvalue weighted by Crippen LogP contribution is 2.33. The van der Waals surface area contributed by atoms with Gasteiger partial charge in [-0.25, -0.2) is 4.98 Å². The molecule has 1 aromatic heterocycles. The first-order valence-corrected chi connectivity index (χ1v) is 9.64. The van der Waals surface area contributed by atoms with E-state index in [1.807, 2.05) is 43.5 Å². The highest BCUT2D eigenvalue weighted by atomic mass is 32.1. The zero-order valence-corrected chi connectivity index (χ0v) is 17.0. The number of carbonyl (C=O) groups excluding carboxylic acids is 1. The summed E-state index contributed by atoms with van der Waals surface area (Å²) >= 11 is 1.36. The molecule has 6 nitrogen and oxygen atoms in total. The fourth-order valence-corrected chi connectivity index (χ4v) is 3.33. The van der Waals surface area contributed by atoms with Crippen LogP contribution in [0.15, 0.2) is 47.8 Å². The zero-order chi connectivity index (χ0) is 20.1. The smallest absolute Gasteiger partial charge is 0.257 e. The molecule has 0 saturated heterocycles. The summed E-state index contributed by atoms with van der Waals surface area (Å²) < 4.78 is 16.2. The van der Waals surface area contributed by atoms with Crippen molar-refractivity contribution in [2.24, 2.45) is 0 Å². The number of methoxy groups -OCH3 is 2. The van der Waals surface area contributed by atoms with Crippen molar-refractivity contribution in [2.75, 3.05) is 19.5 Å². The van der Waals surface area contributed by atoms with Gasteiger partial charge in [0, 0.05) is 16.5 Å². The Morgan fingerprint density at radius 1 is 1.07 bits per heavy atom. The van der Waals surface area contributed by atoms with Crippen LogP contribution in [0.25, 0.3) is 11.3 Å². The first kappa shape index (κ1) is 19.7. The quantitative estimate of drug-likeness (QED) is 0.615. The normalized spacial score (nSPS) is 10.6. The van der Waals surface area contributed by atoms with E-state index in [2.05, 4.69) is 10.3 Å². The number of anilines is 1. The molecular formula is C21H22N2O4S. The molecule has 7 heteroatoms. The largest absolute Gasteiger partial charge is 0.493 e. The number of hydrogen-bond donors (Lipinski definition) is 1. The Balaban J connectivity index is 1.75. The van der Waals surface area contributed by atoms with Crippen LogP contribution in [-0.4, -0.2) is 31.2 Å². The van der Waals surface area contributed by atoms with Gasteiger partial charge in [-0.05, 0) is 50.2 Å². The van der Waals surface area contributed by atoms with E-state index >= 15 is 0 Å². The van der Waals surface area contributed by atoms with Crippen LogP contribution in [0.5, 0.6) is 17.2 Å². The number of nitrogens with zero attached hydrogens (tertiary/aromatic N) is 1. The molecule has 1 N–H and O–H groups in total. The summed E-state index contributed by atoms with van der Waals surface area (Å²) in [5.41, 5.74) is 2.14. The third-order valence-electron chi connectivity index (χ3n) is 3.87. The summed E-state index contributed by atoms with van der Waals surface area (Å²) in [6, 6.07) is 12.7. The number of carbonyl (C=O) groups is 1. The number of thiazole rings is 1. The number of amides is 1. The number of ether oxygens (including phenoxy) is 3. The first-order chi connectivity index (χ1) is 13.5. The molecule has 1 heterocycles. The van der Waals surface area contributed by atoms with Gasteiger partial charge in [0.2, 0.25) is 0 Å². The predicted octanol–water partition coefficient (Wildman–Crippen LogP) is 4.87. The molecule has 3 aromatic rings. The summed E-state index contributed by atoms with van der Waals surface area (Å²) in [5.74, 6) is 1.70. The van der Waals surface area contributed by atoms with Crippen LogP contribution in [0.4, 0.5) is 5.13 Å². The number of nitrogens with one attached hydrogen (secondary N) is 1. The van der Waals surface area contributed by atoms with Crippen LogP contribution in [0.2, 0.25) is 0 Å². The molecule has 3 rings (SSSR count). The molecule has 28 heavy (non-hydrogen) atoms. The van der Waals surface area contributed by atoms with Crippen molar-refractivity contribution in [1.82, 2.24) is 4.98 Å². The lowest BCUT2D eigenvalue weighted by Crippen LogP contribution is -2.12. The fraction of sp³-hybridized carbons (Fsp3) is 0.238. The van der Waals surface area contributed by atoms with E-state index < -0.39 is 0 Å². The monoisotopic (exact) mass is 398 g/mol. The molecule has 0 atom stereocenters. The van der Waals surface area contributed by atoms with E-state index in [4.69, 9.17) is 14.2 Å². The van der Waals surface area contributed by atoms with E-state index in [1.165, 1.54) is 11.3 Å². The Morgan fingerprint density at radius 3 is 2.57 bits per heavy atom. The Morgan fingerprint density at radius 2 is 1.86 bits per heavy atom. The molecule has 146 valence electrons. The molecule has 0 aliphatic carbocycles. The van der Waals surface area contributed by atoms with E-state index in [-0.39, 0.29) is 12.0 Å². The molecule has 0 fully saturated rings. The van der Waals surface area contributed by atoms with Gasteiger partial charge in [-0.3, -0.25) is 10.1 Å². The highest BCUT2D eigenvalue weighted by Gasteiger charge is 2.13. The minimum Gasteiger partial charge on any atom is -0.493 e. The Hall–Kier alpha value is -3.06. The van der Waals surface area contributed by atoms with Gasteiger partial charge in [0.05, 0.1) is 26.0 Å². The average Bonchev–Trinajstić information content (AvgIpc) is 3.15. The molecule has 2 aromatic carbocycles. The number of aromatic nitrogens is 1. The zero-order valence-electron chi connectivity index (χ0n) is 16.2. The lowest BCUT2D eigenvalue weighted by Gasteiger charge is -2.10. The van der Waals surface area contributed by atoms with Crippen LogP contribution < -0.4 is 19.5 Å². The van der Waals surface area contributed by atoms with Gasteiger partial charge >= 0.3 is 0 Å². The summed E-state index contributed by atoms with van der Waals surface area (Å²) in [4.78, 5) is 17.1. The predicted molar refractivity (Wildman–Crippen MR) is 111 cm³/mol. The first-order valence-electron chi connectivity index (χ1n) is 8.76. The van der Waals surface area contributed by atoms with Gasteiger partial charge in [-0.15, -0.1) is 11.3 Å². The van der Waals surface area contributed by atoms with Crippen LogP contribution in [-0.2, 0) is 0 Å². The van der Waals surface area contributed by atoms with E-state index in [1.54, 1.807) is 32.4 Å². The molecule has 0 saturated carbocycles. The van der Waals surface area contributed by atoms with Crippen LogP contribution >= 0.6 is 11.3 Å². The molecule has 0 aliphatic heterocycles. The number of rotatable bonds is 7. The second-order valence-electron chi connectivity index (χ2n) is 6.26. The van der Waals surface area contributed by atoms with Gasteiger partial charge in [-0.1, -0.05) is 6.07 Å². The average molecular weight is 398 g/mol. The van der Waals surface area contributed by atoms with Gasteiger partial charge in [0.25, 0.3) is 5.91 Å². The summed E-state index contributed by atoms with van der Waals surface area (Å²) in [7, 11) is 3.18. The molecule has 0 spiro atoms. The maximum absolute atomic E-state index is 12.5. The van der Waals surface area contributed by atoms with Crippen molar-refractivity contribution in [1.29, 1.82) is 0 Å². The Bertz CT molecular complexity index is 969. The molecular weight excluding hydrogens is 376 g/mol. The standard InChI is InChI=1S/C21H22N2O4S/c1-13(2)27-16-7-5-6-15(10-16)20(24)23-21-22-17(12-28-21)14-8-9-18(25-3)19(11-14)26-4/h5-13H,1-4H3,(H,22,23,24). The molecule has 0 bridgehead atoms. The minimum atomic E-state index is -0.234. The SMILES string of the molecule is COc1ccc(-c2csc(NC(=O)c3cccc(OC(C)C)c3)n2)cc1OC. The lowest BCUT2D eigenvalue weighted by atomic mass is 10.1. The van der Waals surface area contributed by atoms with Crippen LogP contribution in [0, 0.1) is 0 Å². The van der Waals surface area contributed by atoms with Crippen molar-refractivity contribution < 1.29 is 19.0 Å². The fourth-order valence-electron chi connectivity index (χ4n) is 2.61. The van der Waals surface area contributed by atoms with E-state index in [0.29, 0.717) is 27.9 Å². The molecule has 0 aliphatic rings. The Labute approximate surface area is 168 Å². The summed E-state index contributed by atoms with van der Waals surface area (Å²) in [6.07, 6.45) is 0.0429. The van der Waals surface area contributed by atoms with Crippen molar-refractivity contribution in [2.45, 2.75) is 20.0 Å². The molecule has 0 unspecified atom stereocenters. The molecule has 1 amide bonds. The van der Waals surface area contributed by atoms with Crippen molar-refractivity contribution in [3.8, 4) is 28.5 Å². The van der Waals surface area contributed by atoms with Gasteiger partial charge in [0.15, 0.2) is 16.6 Å². The van der Waals surface area contributed by atoms with Crippen LogP contribution in [0.1, 0.15) is 24.2 Å². The topological polar surface area (TPSA) is 69.7 Å². The highest BCUT2D eigenvalue weighted by molar-refractivity contribution is 7.14. The second kappa shape index (κ2) is 8.75. The second-order valence-corrected chi connectivity index (χ2v) is 7.11. The summed E-state index contributed by atoms with van der Waals surface area (Å²) in [6.45, 7) is 3.88. The van der Waals surface area contributed by atoms with Gasteiger partial charge < -0.3 is 14.2 Å². The minimum absolute atomic E-state index is 0.0429. The lowest BCUT2D eigenvalue weighted by molar-refractivity contribution is 0.102. The van der Waals surface area contributed by atoms with E-state index in [9.17, 15) is 4.79 Å². The number of hydrogen-bond acceptors (Lipinski definition) is 6. The van der Waals surface area contributed by atoms with Crippen LogP contribution in [0.3, 0.4) is 0 Å². The van der Waals surface area contributed by atoms with Crippen molar-refractivity contribution in [3.05, 3.63) is 53.4 Å². The van der Waals surface area contributed by atoms with Gasteiger partial charge in [0.1, 0.15) is 5.75 Å². The van der Waals surface area contributed by atoms with Gasteiger partial charge in [-0.2, -0.15) is 0 Å². The van der Waals surface area contributed by atoms with Crippen molar-refractivity contribution >= 4 is 22.4 Å². The van der Waals surface area contributed by atoms with E-state index in [0.717, 1.165) is 11.3 Å². The molecule has 0 radical (unpaired) electrons. The van der Waals surface area contributed by atoms with Crippen molar-refractivity contribution in [3.63, 3.8) is 0 Å². The third-order valence-corrected chi connectivity index (χ3v) is 4.63.